The van der Waals surface area contributed by atoms with Crippen molar-refractivity contribution in [1.82, 2.24) is 0 Å². The zero-order chi connectivity index (χ0) is 10.3. The fourth-order valence-corrected chi connectivity index (χ4v) is 1.28. The van der Waals surface area contributed by atoms with Crippen LogP contribution in [0.25, 0.3) is 0 Å². The van der Waals surface area contributed by atoms with Crippen LogP contribution in [-0.2, 0) is 9.47 Å². The summed E-state index contributed by atoms with van der Waals surface area (Å²) in [6.45, 7) is 5.49. The average Bonchev–Trinajstić information content (AvgIpc) is 2.05. The number of hydrogen-bond acceptors (Lipinski definition) is 2. The maximum Gasteiger partial charge on any atom is 0.188 e. The van der Waals surface area contributed by atoms with Gasteiger partial charge < -0.3 is 9.47 Å². The number of ether oxygens (including phenoxy) is 2. The van der Waals surface area contributed by atoms with Crippen LogP contribution in [0.5, 0.6) is 0 Å². The van der Waals surface area contributed by atoms with Gasteiger partial charge in [-0.1, -0.05) is 18.1 Å². The van der Waals surface area contributed by atoms with Crippen molar-refractivity contribution in [3.05, 3.63) is 34.4 Å². The van der Waals surface area contributed by atoms with Gasteiger partial charge in [0, 0.05) is 7.11 Å². The van der Waals surface area contributed by atoms with Crippen molar-refractivity contribution >= 4 is 23.8 Å². The number of methoxy groups -OCH3 is 1. The van der Waals surface area contributed by atoms with Crippen LogP contribution in [0.15, 0.2) is 34.4 Å². The third-order valence-corrected chi connectivity index (χ3v) is 1.78. The molecule has 0 saturated carbocycles. The van der Waals surface area contributed by atoms with Crippen LogP contribution in [0.4, 0.5) is 0 Å². The Morgan fingerprint density at radius 2 is 2.23 bits per heavy atom. The quantitative estimate of drug-likeness (QED) is 0.319. The molecule has 0 aromatic rings. The Kier molecular flexibility index (Phi) is 6.72. The molecule has 0 atom stereocenters. The summed E-state index contributed by atoms with van der Waals surface area (Å²) in [4.78, 5) is 0. The third kappa shape index (κ3) is 4.96. The highest BCUT2D eigenvalue weighted by molar-refractivity contribution is 9.12. The highest BCUT2D eigenvalue weighted by Gasteiger charge is 2.03. The lowest BCUT2D eigenvalue weighted by Crippen LogP contribution is -2.00. The van der Waals surface area contributed by atoms with Crippen molar-refractivity contribution in [3.8, 4) is 0 Å². The van der Waals surface area contributed by atoms with Gasteiger partial charge in [0.25, 0.3) is 0 Å². The zero-order valence-corrected chi connectivity index (χ0v) is 9.43. The van der Waals surface area contributed by atoms with E-state index in [0.717, 1.165) is 4.48 Å². The van der Waals surface area contributed by atoms with Gasteiger partial charge in [-0.25, -0.2) is 0 Å². The Morgan fingerprint density at radius 1 is 1.62 bits per heavy atom. The fraction of sp³-hybridized carbons (Fsp3) is 0.333. The second-order valence-corrected chi connectivity index (χ2v) is 3.17. The van der Waals surface area contributed by atoms with Gasteiger partial charge in [0.2, 0.25) is 0 Å². The lowest BCUT2D eigenvalue weighted by molar-refractivity contribution is 0.00918. The van der Waals surface area contributed by atoms with Crippen molar-refractivity contribution < 1.29 is 9.47 Å². The molecule has 0 spiro atoms. The molecule has 4 heteroatoms. The molecule has 0 heterocycles. The van der Waals surface area contributed by atoms with E-state index in [9.17, 15) is 0 Å². The highest BCUT2D eigenvalue weighted by atomic mass is 79.9. The summed E-state index contributed by atoms with van der Waals surface area (Å²) in [6, 6.07) is 0. The lowest BCUT2D eigenvalue weighted by atomic mass is 9.96. The first-order valence-corrected chi connectivity index (χ1v) is 4.49. The predicted molar refractivity (Wildman–Crippen MR) is 58.6 cm³/mol. The molecule has 0 unspecified atom stereocenters. The maximum absolute atomic E-state index is 5.60. The molecule has 0 aliphatic heterocycles. The summed E-state index contributed by atoms with van der Waals surface area (Å²) < 4.78 is 10.8. The minimum Gasteiger partial charge on any atom is -0.467 e. The van der Waals surface area contributed by atoms with Crippen LogP contribution < -0.4 is 0 Å². The zero-order valence-electron chi connectivity index (χ0n) is 7.84. The molecular weight excluding hydrogens is 231 g/mol. The summed E-state index contributed by atoms with van der Waals surface area (Å²) >= 11 is 3.31. The van der Waals surface area contributed by atoms with E-state index >= 15 is 0 Å². The predicted octanol–water partition coefficient (Wildman–Crippen LogP) is 2.47. The van der Waals surface area contributed by atoms with Gasteiger partial charge in [-0.05, 0) is 28.9 Å². The number of rotatable bonds is 5. The molecule has 0 rings (SSSR count). The van der Waals surface area contributed by atoms with Crippen LogP contribution >= 0.6 is 15.9 Å². The minimum absolute atomic E-state index is 0.171. The minimum atomic E-state index is 0.171. The van der Waals surface area contributed by atoms with Crippen molar-refractivity contribution in [2.24, 2.45) is 0 Å². The molecular formula is C9H12BBrO2. The second-order valence-electron chi connectivity index (χ2n) is 2.31. The van der Waals surface area contributed by atoms with Gasteiger partial charge >= 0.3 is 0 Å². The normalized spacial score (nSPS) is 13.6. The first kappa shape index (κ1) is 12.5. The van der Waals surface area contributed by atoms with Crippen LogP contribution in [0.2, 0.25) is 0 Å². The molecule has 0 aromatic carbocycles. The van der Waals surface area contributed by atoms with Gasteiger partial charge in [0.05, 0.1) is 4.48 Å². The molecule has 0 aliphatic carbocycles. The van der Waals surface area contributed by atoms with E-state index < -0.39 is 0 Å². The molecule has 70 valence electrons. The molecule has 0 fully saturated rings. The molecule has 0 bridgehead atoms. The molecule has 0 N–H and O–H groups in total. The number of allylic oxidation sites excluding steroid dienone is 4. The number of halogens is 1. The van der Waals surface area contributed by atoms with Crippen LogP contribution in [0, 0.1) is 0 Å². The molecule has 0 aromatic heterocycles. The van der Waals surface area contributed by atoms with Gasteiger partial charge in [-0.2, -0.15) is 0 Å². The van der Waals surface area contributed by atoms with E-state index in [1.165, 1.54) is 0 Å². The van der Waals surface area contributed by atoms with E-state index in [2.05, 4.69) is 22.5 Å². The summed E-state index contributed by atoms with van der Waals surface area (Å²) in [5, 5.41) is 0. The summed E-state index contributed by atoms with van der Waals surface area (Å²) in [7, 11) is 7.15. The Labute approximate surface area is 88.8 Å². The molecule has 0 aliphatic rings. The summed E-state index contributed by atoms with van der Waals surface area (Å²) in [5.41, 5.74) is 0.585. The molecule has 2 nitrogen and oxygen atoms in total. The van der Waals surface area contributed by atoms with E-state index in [1.54, 1.807) is 26.2 Å². The fourth-order valence-electron chi connectivity index (χ4n) is 0.668. The summed E-state index contributed by atoms with van der Waals surface area (Å²) in [5.74, 6) is 0.571. The van der Waals surface area contributed by atoms with Crippen LogP contribution in [0.3, 0.4) is 0 Å². The Morgan fingerprint density at radius 3 is 2.62 bits per heavy atom. The monoisotopic (exact) mass is 242 g/mol. The van der Waals surface area contributed by atoms with Crippen molar-refractivity contribution in [2.75, 3.05) is 13.9 Å². The molecule has 13 heavy (non-hydrogen) atoms. The topological polar surface area (TPSA) is 18.5 Å². The van der Waals surface area contributed by atoms with Crippen molar-refractivity contribution in [2.45, 2.75) is 6.92 Å². The summed E-state index contributed by atoms with van der Waals surface area (Å²) in [6.07, 6.45) is 3.39. The number of hydrogen-bond donors (Lipinski definition) is 0. The average molecular weight is 243 g/mol. The van der Waals surface area contributed by atoms with Gasteiger partial charge in [0.1, 0.15) is 13.6 Å². The highest BCUT2D eigenvalue weighted by Crippen LogP contribution is 2.20. The lowest BCUT2D eigenvalue weighted by Gasteiger charge is -2.10. The smallest absolute Gasteiger partial charge is 0.188 e. The van der Waals surface area contributed by atoms with Gasteiger partial charge in [0.15, 0.2) is 6.79 Å². The maximum atomic E-state index is 5.60. The Balaban J connectivity index is 4.54. The van der Waals surface area contributed by atoms with E-state index in [1.807, 2.05) is 0 Å². The van der Waals surface area contributed by atoms with E-state index in [4.69, 9.17) is 17.3 Å². The second kappa shape index (κ2) is 6.98. The van der Waals surface area contributed by atoms with Crippen LogP contribution in [0.1, 0.15) is 6.92 Å². The van der Waals surface area contributed by atoms with Crippen molar-refractivity contribution in [1.29, 1.82) is 0 Å². The first-order valence-electron chi connectivity index (χ1n) is 3.70. The SMILES string of the molecule is [B]/C(C)=C(OCOC)/C(Br)=C\C=C. The third-order valence-electron chi connectivity index (χ3n) is 1.16. The van der Waals surface area contributed by atoms with Crippen LogP contribution in [-0.4, -0.2) is 21.7 Å². The van der Waals surface area contributed by atoms with Gasteiger partial charge in [-0.15, -0.1) is 0 Å². The largest absolute Gasteiger partial charge is 0.467 e. The van der Waals surface area contributed by atoms with E-state index in [-0.39, 0.29) is 6.79 Å². The standard InChI is InChI=1S/C9H12BBrO2/c1-4-5-8(11)9(7(2)10)13-6-12-3/h4-5H,1,6H2,2-3H3/b8-5+,9-7-. The van der Waals surface area contributed by atoms with Gasteiger partial charge in [-0.3, -0.25) is 0 Å². The Bertz CT molecular complexity index is 230. The van der Waals surface area contributed by atoms with Crippen molar-refractivity contribution in [3.63, 3.8) is 0 Å². The van der Waals surface area contributed by atoms with E-state index in [0.29, 0.717) is 11.2 Å². The first-order chi connectivity index (χ1) is 6.13. The Hall–Kier alpha value is -0.475. The molecule has 2 radical (unpaired) electrons. The molecule has 0 amide bonds. The molecule has 0 saturated heterocycles.